The average Bonchev–Trinajstić information content (AvgIpc) is 2.61. The minimum Gasteiger partial charge on any atom is -0.504 e. The third kappa shape index (κ3) is 4.32. The van der Waals surface area contributed by atoms with Crippen LogP contribution in [0.2, 0.25) is 0 Å². The summed E-state index contributed by atoms with van der Waals surface area (Å²) in [7, 11) is 2.94. The topological polar surface area (TPSA) is 102 Å². The number of carboxylic acid groups (broad SMARTS) is 1. The molecule has 6 heteroatoms. The van der Waals surface area contributed by atoms with Gasteiger partial charge >= 0.3 is 5.97 Å². The summed E-state index contributed by atoms with van der Waals surface area (Å²) in [5.41, 5.74) is 6.23. The Morgan fingerprint density at radius 1 is 0.960 bits per heavy atom. The number of benzene rings is 3. The predicted molar refractivity (Wildman–Crippen MR) is 96.5 cm³/mol. The normalized spacial score (nSPS) is 9.84. The Kier molecular flexibility index (Phi) is 5.68. The minimum absolute atomic E-state index is 0.0191. The van der Waals surface area contributed by atoms with Crippen molar-refractivity contribution in [2.75, 3.05) is 20.0 Å². The Morgan fingerprint density at radius 3 is 2.20 bits per heavy atom. The zero-order valence-electron chi connectivity index (χ0n) is 13.9. The lowest BCUT2D eigenvalue weighted by atomic mass is 10.1. The summed E-state index contributed by atoms with van der Waals surface area (Å²) in [6.45, 7) is 0. The van der Waals surface area contributed by atoms with Crippen LogP contribution >= 0.6 is 0 Å². The molecule has 0 saturated heterocycles. The molecule has 0 amide bonds. The van der Waals surface area contributed by atoms with Gasteiger partial charge in [0, 0.05) is 12.1 Å². The molecule has 0 aliphatic carbocycles. The van der Waals surface area contributed by atoms with Crippen LogP contribution in [0.1, 0.15) is 10.4 Å². The standard InChI is InChI=1S/C11H8O2.C8H11NO3/c12-11(13)10-6-5-8-3-1-2-4-9(8)7-10;1-11-5-3-6(9)8(12-2)7(10)4-5/h1-7H,(H,12,13);3-4,10H,9H2,1-2H3. The third-order valence-corrected chi connectivity index (χ3v) is 3.51. The summed E-state index contributed by atoms with van der Waals surface area (Å²) < 4.78 is 9.72. The molecule has 3 rings (SSSR count). The van der Waals surface area contributed by atoms with Crippen molar-refractivity contribution in [1.29, 1.82) is 0 Å². The summed E-state index contributed by atoms with van der Waals surface area (Å²) >= 11 is 0. The molecule has 0 radical (unpaired) electrons. The highest BCUT2D eigenvalue weighted by atomic mass is 16.5. The van der Waals surface area contributed by atoms with Crippen LogP contribution in [0, 0.1) is 0 Å². The first-order valence-corrected chi connectivity index (χ1v) is 7.38. The molecule has 130 valence electrons. The van der Waals surface area contributed by atoms with Crippen molar-refractivity contribution in [3.63, 3.8) is 0 Å². The number of nitrogens with two attached hydrogens (primary N) is 1. The summed E-state index contributed by atoms with van der Waals surface area (Å²) in [5.74, 6) is -0.123. The number of carbonyl (C=O) groups is 1. The number of rotatable bonds is 3. The summed E-state index contributed by atoms with van der Waals surface area (Å²) in [5, 5.41) is 20.1. The first kappa shape index (κ1) is 17.9. The van der Waals surface area contributed by atoms with Gasteiger partial charge in [-0.2, -0.15) is 0 Å². The van der Waals surface area contributed by atoms with E-state index < -0.39 is 5.97 Å². The van der Waals surface area contributed by atoms with Gasteiger partial charge in [-0.05, 0) is 22.9 Å². The third-order valence-electron chi connectivity index (χ3n) is 3.51. The van der Waals surface area contributed by atoms with Crippen molar-refractivity contribution in [2.45, 2.75) is 0 Å². The van der Waals surface area contributed by atoms with Crippen LogP contribution in [-0.4, -0.2) is 30.4 Å². The first-order chi connectivity index (χ1) is 12.0. The molecule has 6 nitrogen and oxygen atoms in total. The molecular formula is C19H19NO5. The molecule has 3 aromatic rings. The van der Waals surface area contributed by atoms with E-state index in [0.717, 1.165) is 10.8 Å². The number of aromatic carboxylic acids is 1. The largest absolute Gasteiger partial charge is 0.504 e. The second-order valence-corrected chi connectivity index (χ2v) is 5.14. The van der Waals surface area contributed by atoms with E-state index in [1.807, 2.05) is 30.3 Å². The Bertz CT molecular complexity index is 869. The van der Waals surface area contributed by atoms with Gasteiger partial charge in [0.15, 0.2) is 11.5 Å². The quantitative estimate of drug-likeness (QED) is 0.630. The number of aromatic hydroxyl groups is 1. The van der Waals surface area contributed by atoms with Crippen LogP contribution in [0.15, 0.2) is 54.6 Å². The van der Waals surface area contributed by atoms with Crippen LogP contribution in [-0.2, 0) is 0 Å². The molecule has 0 unspecified atom stereocenters. The molecule has 0 atom stereocenters. The van der Waals surface area contributed by atoms with Crippen molar-refractivity contribution in [2.24, 2.45) is 0 Å². The van der Waals surface area contributed by atoms with Gasteiger partial charge in [-0.25, -0.2) is 4.79 Å². The van der Waals surface area contributed by atoms with Gasteiger partial charge in [-0.15, -0.1) is 0 Å². The van der Waals surface area contributed by atoms with E-state index in [9.17, 15) is 9.90 Å². The zero-order valence-corrected chi connectivity index (χ0v) is 13.9. The fourth-order valence-electron chi connectivity index (χ4n) is 2.27. The molecule has 3 aromatic carbocycles. The maximum atomic E-state index is 10.6. The number of phenolic OH excluding ortho intramolecular Hbond substituents is 1. The van der Waals surface area contributed by atoms with Crippen LogP contribution < -0.4 is 15.2 Å². The van der Waals surface area contributed by atoms with Crippen LogP contribution in [0.4, 0.5) is 5.69 Å². The molecule has 0 aliphatic rings. The highest BCUT2D eigenvalue weighted by Crippen LogP contribution is 2.36. The van der Waals surface area contributed by atoms with Crippen LogP contribution in [0.5, 0.6) is 17.2 Å². The van der Waals surface area contributed by atoms with E-state index in [0.29, 0.717) is 17.0 Å². The van der Waals surface area contributed by atoms with E-state index in [-0.39, 0.29) is 11.5 Å². The van der Waals surface area contributed by atoms with Crippen molar-refractivity contribution in [3.8, 4) is 17.2 Å². The molecule has 25 heavy (non-hydrogen) atoms. The molecule has 0 bridgehead atoms. The maximum Gasteiger partial charge on any atom is 0.335 e. The van der Waals surface area contributed by atoms with Crippen molar-refractivity contribution in [1.82, 2.24) is 0 Å². The minimum atomic E-state index is -0.884. The lowest BCUT2D eigenvalue weighted by molar-refractivity contribution is 0.0697. The van der Waals surface area contributed by atoms with E-state index in [1.54, 1.807) is 18.2 Å². The molecule has 0 fully saturated rings. The highest BCUT2D eigenvalue weighted by molar-refractivity contribution is 5.94. The molecule has 0 aromatic heterocycles. The Labute approximate surface area is 145 Å². The number of nitrogen functional groups attached to an aromatic ring is 1. The van der Waals surface area contributed by atoms with Gasteiger partial charge in [0.05, 0.1) is 25.5 Å². The molecule has 0 aliphatic heterocycles. The number of fused-ring (bicyclic) bond motifs is 1. The fourth-order valence-corrected chi connectivity index (χ4v) is 2.27. The van der Waals surface area contributed by atoms with E-state index in [1.165, 1.54) is 20.3 Å². The Morgan fingerprint density at radius 2 is 1.64 bits per heavy atom. The van der Waals surface area contributed by atoms with Gasteiger partial charge in [0.1, 0.15) is 5.75 Å². The number of phenols is 1. The van der Waals surface area contributed by atoms with Gasteiger partial charge in [0.25, 0.3) is 0 Å². The number of ether oxygens (including phenoxy) is 2. The van der Waals surface area contributed by atoms with Gasteiger partial charge in [0.2, 0.25) is 0 Å². The maximum absolute atomic E-state index is 10.6. The number of hydrogen-bond donors (Lipinski definition) is 3. The van der Waals surface area contributed by atoms with Crippen molar-refractivity contribution < 1.29 is 24.5 Å². The van der Waals surface area contributed by atoms with E-state index >= 15 is 0 Å². The number of carboxylic acids is 1. The van der Waals surface area contributed by atoms with E-state index in [2.05, 4.69) is 0 Å². The molecule has 0 spiro atoms. The van der Waals surface area contributed by atoms with Crippen LogP contribution in [0.3, 0.4) is 0 Å². The Balaban J connectivity index is 0.000000181. The second kappa shape index (κ2) is 7.92. The lowest BCUT2D eigenvalue weighted by Crippen LogP contribution is -1.94. The molecule has 0 saturated carbocycles. The second-order valence-electron chi connectivity index (χ2n) is 5.14. The number of hydrogen-bond acceptors (Lipinski definition) is 5. The fraction of sp³-hybridized carbons (Fsp3) is 0.105. The lowest BCUT2D eigenvalue weighted by Gasteiger charge is -2.08. The summed E-state index contributed by atoms with van der Waals surface area (Å²) in [6, 6.07) is 15.8. The zero-order chi connectivity index (χ0) is 18.4. The highest BCUT2D eigenvalue weighted by Gasteiger charge is 2.07. The van der Waals surface area contributed by atoms with Crippen LogP contribution in [0.25, 0.3) is 10.8 Å². The molecular weight excluding hydrogens is 322 g/mol. The summed E-state index contributed by atoms with van der Waals surface area (Å²) in [4.78, 5) is 10.6. The monoisotopic (exact) mass is 341 g/mol. The number of anilines is 1. The number of methoxy groups -OCH3 is 2. The molecule has 4 N–H and O–H groups in total. The summed E-state index contributed by atoms with van der Waals surface area (Å²) in [6.07, 6.45) is 0. The van der Waals surface area contributed by atoms with Crippen molar-refractivity contribution in [3.05, 3.63) is 60.2 Å². The van der Waals surface area contributed by atoms with E-state index in [4.69, 9.17) is 20.3 Å². The van der Waals surface area contributed by atoms with Gasteiger partial charge in [-0.3, -0.25) is 0 Å². The smallest absolute Gasteiger partial charge is 0.335 e. The molecule has 0 heterocycles. The van der Waals surface area contributed by atoms with Gasteiger partial charge < -0.3 is 25.4 Å². The van der Waals surface area contributed by atoms with Crippen molar-refractivity contribution >= 4 is 22.4 Å². The Hall–Kier alpha value is -3.41. The average molecular weight is 341 g/mol. The predicted octanol–water partition coefficient (Wildman–Crippen LogP) is 3.53. The van der Waals surface area contributed by atoms with Gasteiger partial charge in [-0.1, -0.05) is 30.3 Å². The SMILES string of the molecule is COc1cc(N)c(OC)c(O)c1.O=C(O)c1ccc2ccccc2c1. The first-order valence-electron chi connectivity index (χ1n) is 7.38.